The number of phenols is 1. The molecule has 2 aromatic rings. The second-order valence-electron chi connectivity index (χ2n) is 6.35. The Balaban J connectivity index is 1.76. The Bertz CT molecular complexity index is 763. The van der Waals surface area contributed by atoms with Gasteiger partial charge in [-0.1, -0.05) is 24.3 Å². The number of aromatic hydroxyl groups is 1. The van der Waals surface area contributed by atoms with Gasteiger partial charge in [0.2, 0.25) is 5.91 Å². The van der Waals surface area contributed by atoms with Crippen LogP contribution in [-0.4, -0.2) is 37.1 Å². The Labute approximate surface area is 159 Å². The number of carbonyl (C=O) groups is 1. The predicted molar refractivity (Wildman–Crippen MR) is 110 cm³/mol. The maximum Gasteiger partial charge on any atom is 0.250 e. The van der Waals surface area contributed by atoms with E-state index in [4.69, 9.17) is 0 Å². The van der Waals surface area contributed by atoms with Crippen LogP contribution in [0.5, 0.6) is 5.75 Å². The summed E-state index contributed by atoms with van der Waals surface area (Å²) in [5.41, 5.74) is 7.40. The third kappa shape index (κ3) is 5.81. The standard InChI is InChI=1S/C20H25N3O2S/c1-14-9-17(10-15(2)20(14)25)12-26-13-19(24)22-21-11-16-5-7-18(8-6-16)23(3)4/h5-11,25H,12-13H2,1-4H3,(H,22,24)/b21-11+. The van der Waals surface area contributed by atoms with Crippen molar-refractivity contribution in [1.82, 2.24) is 5.43 Å². The zero-order valence-electron chi connectivity index (χ0n) is 15.6. The van der Waals surface area contributed by atoms with Crippen LogP contribution in [0.3, 0.4) is 0 Å². The number of thioether (sulfide) groups is 1. The van der Waals surface area contributed by atoms with E-state index >= 15 is 0 Å². The minimum Gasteiger partial charge on any atom is -0.507 e. The average molecular weight is 372 g/mol. The topological polar surface area (TPSA) is 64.9 Å². The number of phenolic OH excluding ortho intramolecular Hbond substituents is 1. The highest BCUT2D eigenvalue weighted by Gasteiger charge is 2.05. The van der Waals surface area contributed by atoms with Gasteiger partial charge in [-0.25, -0.2) is 5.43 Å². The number of carbonyl (C=O) groups excluding carboxylic acids is 1. The molecule has 1 amide bonds. The summed E-state index contributed by atoms with van der Waals surface area (Å²) in [6.45, 7) is 3.76. The van der Waals surface area contributed by atoms with Crippen LogP contribution < -0.4 is 10.3 Å². The summed E-state index contributed by atoms with van der Waals surface area (Å²) < 4.78 is 0. The smallest absolute Gasteiger partial charge is 0.250 e. The van der Waals surface area contributed by atoms with Crippen molar-refractivity contribution in [2.24, 2.45) is 5.10 Å². The summed E-state index contributed by atoms with van der Waals surface area (Å²) in [7, 11) is 3.98. The fourth-order valence-corrected chi connectivity index (χ4v) is 3.21. The molecule has 0 aliphatic rings. The van der Waals surface area contributed by atoms with Crippen LogP contribution in [-0.2, 0) is 10.5 Å². The molecular weight excluding hydrogens is 346 g/mol. The Morgan fingerprint density at radius 2 is 1.81 bits per heavy atom. The second-order valence-corrected chi connectivity index (χ2v) is 7.34. The number of benzene rings is 2. The quantitative estimate of drug-likeness (QED) is 0.578. The second kappa shape index (κ2) is 9.29. The molecular formula is C20H25N3O2S. The lowest BCUT2D eigenvalue weighted by atomic mass is 10.1. The molecule has 2 N–H and O–H groups in total. The number of hydrogen-bond acceptors (Lipinski definition) is 5. The Morgan fingerprint density at radius 1 is 1.19 bits per heavy atom. The monoisotopic (exact) mass is 371 g/mol. The van der Waals surface area contributed by atoms with Gasteiger partial charge in [-0.15, -0.1) is 11.8 Å². The lowest BCUT2D eigenvalue weighted by Gasteiger charge is -2.11. The molecule has 0 aromatic heterocycles. The predicted octanol–water partition coefficient (Wildman–Crippen LogP) is 3.46. The van der Waals surface area contributed by atoms with Crippen molar-refractivity contribution in [2.45, 2.75) is 19.6 Å². The summed E-state index contributed by atoms with van der Waals surface area (Å²) >= 11 is 1.52. The number of hydrazone groups is 1. The molecule has 0 spiro atoms. The SMILES string of the molecule is Cc1cc(CSCC(=O)N/N=C/c2ccc(N(C)C)cc2)cc(C)c1O. The zero-order chi connectivity index (χ0) is 19.1. The molecule has 138 valence electrons. The van der Waals surface area contributed by atoms with Gasteiger partial charge in [-0.05, 0) is 48.2 Å². The van der Waals surface area contributed by atoms with E-state index in [1.807, 2.05) is 69.2 Å². The van der Waals surface area contributed by atoms with Crippen molar-refractivity contribution in [2.75, 3.05) is 24.7 Å². The van der Waals surface area contributed by atoms with Crippen molar-refractivity contribution >= 4 is 29.6 Å². The number of anilines is 1. The molecule has 0 bridgehead atoms. The maximum absolute atomic E-state index is 11.9. The first kappa shape index (κ1) is 19.8. The highest BCUT2D eigenvalue weighted by Crippen LogP contribution is 2.25. The van der Waals surface area contributed by atoms with Gasteiger partial charge in [0.15, 0.2) is 0 Å². The van der Waals surface area contributed by atoms with Gasteiger partial charge in [-0.2, -0.15) is 5.10 Å². The number of nitrogens with zero attached hydrogens (tertiary/aromatic N) is 2. The molecule has 0 unspecified atom stereocenters. The first-order valence-corrected chi connectivity index (χ1v) is 9.48. The van der Waals surface area contributed by atoms with Gasteiger partial charge in [-0.3, -0.25) is 4.79 Å². The summed E-state index contributed by atoms with van der Waals surface area (Å²) in [5, 5.41) is 13.8. The summed E-state index contributed by atoms with van der Waals surface area (Å²) in [6, 6.07) is 11.8. The lowest BCUT2D eigenvalue weighted by molar-refractivity contribution is -0.118. The molecule has 0 saturated heterocycles. The Hall–Kier alpha value is -2.47. The van der Waals surface area contributed by atoms with Crippen molar-refractivity contribution in [1.29, 1.82) is 0 Å². The van der Waals surface area contributed by atoms with E-state index in [1.165, 1.54) is 11.8 Å². The van der Waals surface area contributed by atoms with E-state index in [0.29, 0.717) is 17.3 Å². The van der Waals surface area contributed by atoms with Crippen molar-refractivity contribution in [3.8, 4) is 5.75 Å². The highest BCUT2D eigenvalue weighted by atomic mass is 32.2. The Morgan fingerprint density at radius 3 is 2.38 bits per heavy atom. The van der Waals surface area contributed by atoms with Crippen LogP contribution in [0.25, 0.3) is 0 Å². The van der Waals surface area contributed by atoms with Gasteiger partial charge in [0, 0.05) is 25.5 Å². The minimum atomic E-state index is -0.136. The maximum atomic E-state index is 11.9. The van der Waals surface area contributed by atoms with Gasteiger partial charge < -0.3 is 10.0 Å². The molecule has 0 fully saturated rings. The van der Waals surface area contributed by atoms with Crippen LogP contribution in [0.4, 0.5) is 5.69 Å². The molecule has 2 rings (SSSR count). The average Bonchev–Trinajstić information content (AvgIpc) is 2.60. The lowest BCUT2D eigenvalue weighted by Crippen LogP contribution is -2.19. The van der Waals surface area contributed by atoms with E-state index in [2.05, 4.69) is 10.5 Å². The number of hydrogen-bond donors (Lipinski definition) is 2. The number of nitrogens with one attached hydrogen (secondary N) is 1. The van der Waals surface area contributed by atoms with E-state index in [-0.39, 0.29) is 5.91 Å². The van der Waals surface area contributed by atoms with Crippen molar-refractivity contribution in [3.63, 3.8) is 0 Å². The minimum absolute atomic E-state index is 0.136. The molecule has 0 atom stereocenters. The van der Waals surface area contributed by atoms with Crippen LogP contribution in [0.2, 0.25) is 0 Å². The first-order chi connectivity index (χ1) is 12.4. The molecule has 5 nitrogen and oxygen atoms in total. The van der Waals surface area contributed by atoms with Crippen LogP contribution >= 0.6 is 11.8 Å². The van der Waals surface area contributed by atoms with Crippen LogP contribution in [0.1, 0.15) is 22.3 Å². The van der Waals surface area contributed by atoms with Crippen LogP contribution in [0, 0.1) is 13.8 Å². The zero-order valence-corrected chi connectivity index (χ0v) is 16.4. The molecule has 6 heteroatoms. The molecule has 0 heterocycles. The van der Waals surface area contributed by atoms with Crippen LogP contribution in [0.15, 0.2) is 41.5 Å². The molecule has 0 aliphatic carbocycles. The third-order valence-corrected chi connectivity index (χ3v) is 4.87. The first-order valence-electron chi connectivity index (χ1n) is 8.33. The number of rotatable bonds is 7. The summed E-state index contributed by atoms with van der Waals surface area (Å²) in [5.74, 6) is 1.24. The van der Waals surface area contributed by atoms with E-state index < -0.39 is 0 Å². The molecule has 0 aliphatic heterocycles. The van der Waals surface area contributed by atoms with Gasteiger partial charge in [0.1, 0.15) is 5.75 Å². The van der Waals surface area contributed by atoms with Gasteiger partial charge in [0.05, 0.1) is 12.0 Å². The Kier molecular flexibility index (Phi) is 7.09. The van der Waals surface area contributed by atoms with E-state index in [1.54, 1.807) is 6.21 Å². The number of amides is 1. The molecule has 0 saturated carbocycles. The van der Waals surface area contributed by atoms with Crippen molar-refractivity contribution < 1.29 is 9.90 Å². The number of aryl methyl sites for hydroxylation is 2. The fraction of sp³-hybridized carbons (Fsp3) is 0.300. The molecule has 0 radical (unpaired) electrons. The molecule has 2 aromatic carbocycles. The normalized spacial score (nSPS) is 10.9. The fourth-order valence-electron chi connectivity index (χ4n) is 2.46. The van der Waals surface area contributed by atoms with E-state index in [0.717, 1.165) is 27.9 Å². The summed E-state index contributed by atoms with van der Waals surface area (Å²) in [6.07, 6.45) is 1.63. The third-order valence-electron chi connectivity index (χ3n) is 3.87. The molecule has 26 heavy (non-hydrogen) atoms. The summed E-state index contributed by atoms with van der Waals surface area (Å²) in [4.78, 5) is 13.9. The highest BCUT2D eigenvalue weighted by molar-refractivity contribution is 7.99. The van der Waals surface area contributed by atoms with Crippen molar-refractivity contribution in [3.05, 3.63) is 58.7 Å². The van der Waals surface area contributed by atoms with E-state index in [9.17, 15) is 9.90 Å². The van der Waals surface area contributed by atoms with Gasteiger partial charge in [0.25, 0.3) is 0 Å². The van der Waals surface area contributed by atoms with Gasteiger partial charge >= 0.3 is 0 Å². The largest absolute Gasteiger partial charge is 0.507 e.